The van der Waals surface area contributed by atoms with Crippen molar-refractivity contribution in [3.63, 3.8) is 0 Å². The van der Waals surface area contributed by atoms with E-state index in [4.69, 9.17) is 0 Å². The van der Waals surface area contributed by atoms with Gasteiger partial charge in [-0.15, -0.1) is 0 Å². The fourth-order valence-corrected chi connectivity index (χ4v) is 3.23. The Hall–Kier alpha value is -1.47. The largest absolute Gasteiger partial charge is 0.351 e. The van der Waals surface area contributed by atoms with Crippen LogP contribution < -0.4 is 5.32 Å². The minimum absolute atomic E-state index is 0.0888. The third kappa shape index (κ3) is 5.81. The third-order valence-corrected chi connectivity index (χ3v) is 4.42. The molecule has 1 rings (SSSR count). The number of pyridine rings is 1. The summed E-state index contributed by atoms with van der Waals surface area (Å²) in [5.41, 5.74) is 1.16. The molecular formula is C14H23N3O3S. The molecule has 0 aromatic carbocycles. The maximum atomic E-state index is 11.9. The van der Waals surface area contributed by atoms with Crippen LogP contribution in [0.15, 0.2) is 18.2 Å². The maximum Gasteiger partial charge on any atom is 0.269 e. The second-order valence-electron chi connectivity index (χ2n) is 5.24. The topological polar surface area (TPSA) is 79.4 Å². The predicted molar refractivity (Wildman–Crippen MR) is 82.6 cm³/mol. The molecule has 1 amide bonds. The zero-order valence-corrected chi connectivity index (χ0v) is 13.8. The predicted octanol–water partition coefficient (Wildman–Crippen LogP) is 1.18. The number of nitrogens with zero attached hydrogens (tertiary/aromatic N) is 2. The van der Waals surface area contributed by atoms with Crippen molar-refractivity contribution in [2.24, 2.45) is 0 Å². The molecule has 0 saturated carbocycles. The summed E-state index contributed by atoms with van der Waals surface area (Å²) in [4.78, 5) is 16.0. The van der Waals surface area contributed by atoms with E-state index in [0.29, 0.717) is 25.2 Å². The monoisotopic (exact) mass is 313 g/mol. The summed E-state index contributed by atoms with van der Waals surface area (Å²) in [6.45, 7) is 6.28. The molecule has 0 aliphatic rings. The maximum absolute atomic E-state index is 11.9. The number of hydrogen-bond acceptors (Lipinski definition) is 4. The number of rotatable bonds is 7. The summed E-state index contributed by atoms with van der Waals surface area (Å²) in [5.74, 6) is -0.242. The lowest BCUT2D eigenvalue weighted by molar-refractivity contribution is 0.0947. The van der Waals surface area contributed by atoms with Crippen LogP contribution in [-0.2, 0) is 10.0 Å². The summed E-state index contributed by atoms with van der Waals surface area (Å²) in [7, 11) is -3.21. The molecule has 0 atom stereocenters. The molecule has 21 heavy (non-hydrogen) atoms. The van der Waals surface area contributed by atoms with Gasteiger partial charge in [0.15, 0.2) is 0 Å². The highest BCUT2D eigenvalue weighted by Crippen LogP contribution is 2.05. The molecule has 0 unspecified atom stereocenters. The van der Waals surface area contributed by atoms with Gasteiger partial charge in [-0.05, 0) is 39.3 Å². The van der Waals surface area contributed by atoms with Gasteiger partial charge >= 0.3 is 0 Å². The fourth-order valence-electron chi connectivity index (χ4n) is 2.00. The Morgan fingerprint density at radius 2 is 2.05 bits per heavy atom. The van der Waals surface area contributed by atoms with Gasteiger partial charge in [0.2, 0.25) is 10.0 Å². The molecule has 0 radical (unpaired) electrons. The zero-order chi connectivity index (χ0) is 16.0. The van der Waals surface area contributed by atoms with Gasteiger partial charge in [0.1, 0.15) is 5.69 Å². The zero-order valence-electron chi connectivity index (χ0n) is 13.0. The third-order valence-electron chi connectivity index (χ3n) is 2.96. The van der Waals surface area contributed by atoms with Crippen LogP contribution in [0.2, 0.25) is 0 Å². The van der Waals surface area contributed by atoms with Gasteiger partial charge < -0.3 is 5.32 Å². The van der Waals surface area contributed by atoms with Crippen molar-refractivity contribution in [1.29, 1.82) is 0 Å². The molecule has 0 fully saturated rings. The smallest absolute Gasteiger partial charge is 0.269 e. The first kappa shape index (κ1) is 17.6. The summed E-state index contributed by atoms with van der Waals surface area (Å²) in [6.07, 6.45) is 1.76. The minimum atomic E-state index is -3.21. The molecule has 1 N–H and O–H groups in total. The first-order valence-corrected chi connectivity index (χ1v) is 8.75. The van der Waals surface area contributed by atoms with Crippen LogP contribution in [0.3, 0.4) is 0 Å². The van der Waals surface area contributed by atoms with Crippen molar-refractivity contribution in [3.05, 3.63) is 29.6 Å². The van der Waals surface area contributed by atoms with Crippen LogP contribution in [0.1, 0.15) is 36.5 Å². The van der Waals surface area contributed by atoms with Crippen molar-refractivity contribution < 1.29 is 13.2 Å². The van der Waals surface area contributed by atoms with Crippen molar-refractivity contribution in [1.82, 2.24) is 14.6 Å². The Balaban J connectivity index is 2.45. The van der Waals surface area contributed by atoms with Gasteiger partial charge in [-0.1, -0.05) is 6.07 Å². The van der Waals surface area contributed by atoms with Crippen LogP contribution in [0.25, 0.3) is 0 Å². The van der Waals surface area contributed by atoms with Crippen LogP contribution in [0, 0.1) is 6.92 Å². The SMILES string of the molecule is Cc1cccc(C(=O)NCCCN(C(C)C)S(C)(=O)=O)n1. The number of aryl methyl sites for hydroxylation is 1. The molecule has 1 aromatic heterocycles. The fraction of sp³-hybridized carbons (Fsp3) is 0.571. The lowest BCUT2D eigenvalue weighted by Crippen LogP contribution is -2.38. The minimum Gasteiger partial charge on any atom is -0.351 e. The van der Waals surface area contributed by atoms with Crippen molar-refractivity contribution in [2.45, 2.75) is 33.2 Å². The molecule has 0 saturated heterocycles. The van der Waals surface area contributed by atoms with E-state index in [1.165, 1.54) is 10.6 Å². The van der Waals surface area contributed by atoms with Crippen LogP contribution >= 0.6 is 0 Å². The van der Waals surface area contributed by atoms with Crippen LogP contribution in [0.4, 0.5) is 0 Å². The van der Waals surface area contributed by atoms with Crippen molar-refractivity contribution >= 4 is 15.9 Å². The summed E-state index contributed by atoms with van der Waals surface area (Å²) < 4.78 is 24.6. The van der Waals surface area contributed by atoms with E-state index in [2.05, 4.69) is 10.3 Å². The molecular weight excluding hydrogens is 290 g/mol. The average molecular weight is 313 g/mol. The van der Waals surface area contributed by atoms with Crippen molar-refractivity contribution in [3.8, 4) is 0 Å². The standard InChI is InChI=1S/C14H23N3O3S/c1-11(2)17(21(4,19)20)10-6-9-15-14(18)13-8-5-7-12(3)16-13/h5,7-8,11H,6,9-10H2,1-4H3,(H,15,18). The molecule has 0 aliphatic heterocycles. The molecule has 118 valence electrons. The van der Waals surface area contributed by atoms with E-state index in [9.17, 15) is 13.2 Å². The van der Waals surface area contributed by atoms with Gasteiger partial charge in [0, 0.05) is 24.8 Å². The van der Waals surface area contributed by atoms with E-state index >= 15 is 0 Å². The van der Waals surface area contributed by atoms with E-state index in [1.54, 1.807) is 12.1 Å². The highest BCUT2D eigenvalue weighted by Gasteiger charge is 2.19. The Bertz CT molecular complexity index is 585. The van der Waals surface area contributed by atoms with E-state index in [0.717, 1.165) is 5.69 Å². The molecule has 1 aromatic rings. The van der Waals surface area contributed by atoms with Gasteiger partial charge in [-0.3, -0.25) is 4.79 Å². The number of sulfonamides is 1. The lowest BCUT2D eigenvalue weighted by atomic mass is 10.3. The Morgan fingerprint density at radius 1 is 1.38 bits per heavy atom. The quantitative estimate of drug-likeness (QED) is 0.767. The number of hydrogen-bond donors (Lipinski definition) is 1. The molecule has 0 bridgehead atoms. The molecule has 0 aliphatic carbocycles. The normalized spacial score (nSPS) is 11.9. The highest BCUT2D eigenvalue weighted by molar-refractivity contribution is 7.88. The van der Waals surface area contributed by atoms with E-state index < -0.39 is 10.0 Å². The number of carbonyl (C=O) groups excluding carboxylic acids is 1. The van der Waals surface area contributed by atoms with Gasteiger partial charge in [0.05, 0.1) is 6.26 Å². The number of amides is 1. The van der Waals surface area contributed by atoms with Gasteiger partial charge in [-0.25, -0.2) is 13.4 Å². The van der Waals surface area contributed by atoms with Gasteiger partial charge in [0.25, 0.3) is 5.91 Å². The molecule has 1 heterocycles. The lowest BCUT2D eigenvalue weighted by Gasteiger charge is -2.23. The average Bonchev–Trinajstić information content (AvgIpc) is 2.36. The Kier molecular flexibility index (Phi) is 6.29. The summed E-state index contributed by atoms with van der Waals surface area (Å²) >= 11 is 0. The first-order chi connectivity index (χ1) is 9.71. The molecule has 6 nitrogen and oxygen atoms in total. The second-order valence-corrected chi connectivity index (χ2v) is 7.18. The molecule has 0 spiro atoms. The van der Waals surface area contributed by atoms with Crippen molar-refractivity contribution in [2.75, 3.05) is 19.3 Å². The van der Waals surface area contributed by atoms with Crippen LogP contribution in [0.5, 0.6) is 0 Å². The first-order valence-electron chi connectivity index (χ1n) is 6.90. The summed E-state index contributed by atoms with van der Waals surface area (Å²) in [6, 6.07) is 5.17. The summed E-state index contributed by atoms with van der Waals surface area (Å²) in [5, 5.41) is 2.75. The second kappa shape index (κ2) is 7.51. The highest BCUT2D eigenvalue weighted by atomic mass is 32.2. The Labute approximate surface area is 126 Å². The van der Waals surface area contributed by atoms with E-state index in [1.807, 2.05) is 26.8 Å². The number of nitrogens with one attached hydrogen (secondary N) is 1. The molecule has 7 heteroatoms. The number of carbonyl (C=O) groups is 1. The number of aromatic nitrogens is 1. The van der Waals surface area contributed by atoms with Gasteiger partial charge in [-0.2, -0.15) is 4.31 Å². The Morgan fingerprint density at radius 3 is 2.57 bits per heavy atom. The van der Waals surface area contributed by atoms with E-state index in [-0.39, 0.29) is 11.9 Å². The van der Waals surface area contributed by atoms with Crippen LogP contribution in [-0.4, -0.2) is 49.0 Å².